The van der Waals surface area contributed by atoms with Gasteiger partial charge in [-0.3, -0.25) is 14.4 Å². The molecule has 0 saturated carbocycles. The molecule has 1 heterocycles. The number of hydrogen-bond donors (Lipinski definition) is 1. The molecule has 4 aromatic carbocycles. The third-order valence-electron chi connectivity index (χ3n) is 6.45. The number of nitrogens with one attached hydrogen (secondary N) is 1. The molecule has 37 heavy (non-hydrogen) atoms. The Bertz CT molecular complexity index is 1420. The Morgan fingerprint density at radius 2 is 1.54 bits per heavy atom. The summed E-state index contributed by atoms with van der Waals surface area (Å²) in [6.07, 6.45) is 0.757. The first-order valence-corrected chi connectivity index (χ1v) is 12.2. The van der Waals surface area contributed by atoms with Crippen LogP contribution < -0.4 is 15.1 Å². The number of benzene rings is 4. The molecular weight excluding hydrogens is 466 g/mol. The van der Waals surface area contributed by atoms with Crippen molar-refractivity contribution >= 4 is 40.4 Å². The highest BCUT2D eigenvalue weighted by Gasteiger charge is 2.29. The topological polar surface area (TPSA) is 79.0 Å². The molecule has 0 fully saturated rings. The maximum absolute atomic E-state index is 13.4. The third kappa shape index (κ3) is 5.46. The van der Waals surface area contributed by atoms with Crippen LogP contribution in [0.5, 0.6) is 0 Å². The van der Waals surface area contributed by atoms with Crippen molar-refractivity contribution in [2.75, 3.05) is 29.4 Å². The lowest BCUT2D eigenvalue weighted by atomic mass is 10.0. The molecular formula is C30H27N3O4. The minimum atomic E-state index is -0.425. The summed E-state index contributed by atoms with van der Waals surface area (Å²) in [5.74, 6) is -0.623. The number of carbonyl (C=O) groups is 3. The summed E-state index contributed by atoms with van der Waals surface area (Å²) < 4.78 is 5.52. The first-order valence-electron chi connectivity index (χ1n) is 12.2. The fraction of sp³-hybridized carbons (Fsp3) is 0.167. The molecule has 5 rings (SSSR count). The molecule has 0 aromatic heterocycles. The number of fused-ring (bicyclic) bond motifs is 2. The first kappa shape index (κ1) is 24.1. The summed E-state index contributed by atoms with van der Waals surface area (Å²) in [6.45, 7) is 0.763. The van der Waals surface area contributed by atoms with Crippen molar-refractivity contribution in [2.24, 2.45) is 0 Å². The van der Waals surface area contributed by atoms with Crippen molar-refractivity contribution in [3.63, 3.8) is 0 Å². The van der Waals surface area contributed by atoms with Gasteiger partial charge in [-0.15, -0.1) is 0 Å². The molecule has 0 unspecified atom stereocenters. The zero-order chi connectivity index (χ0) is 25.6. The molecule has 1 aliphatic heterocycles. The predicted molar refractivity (Wildman–Crippen MR) is 144 cm³/mol. The summed E-state index contributed by atoms with van der Waals surface area (Å²) in [7, 11) is 0. The van der Waals surface area contributed by atoms with E-state index >= 15 is 0 Å². The number of hydrogen-bond acceptors (Lipinski definition) is 5. The quantitative estimate of drug-likeness (QED) is 0.309. The van der Waals surface area contributed by atoms with E-state index in [1.54, 1.807) is 11.0 Å². The normalized spacial score (nSPS) is 15.0. The molecule has 1 atom stereocenters. The minimum Gasteiger partial charge on any atom is -0.459 e. The van der Waals surface area contributed by atoms with Crippen molar-refractivity contribution in [2.45, 2.75) is 12.6 Å². The van der Waals surface area contributed by atoms with Gasteiger partial charge in [-0.2, -0.15) is 0 Å². The van der Waals surface area contributed by atoms with Crippen LogP contribution in [0.4, 0.5) is 11.4 Å². The highest BCUT2D eigenvalue weighted by atomic mass is 16.5. The summed E-state index contributed by atoms with van der Waals surface area (Å²) in [5.41, 5.74) is 2.87. The number of nitrogens with zero attached hydrogens (tertiary/aromatic N) is 2. The van der Waals surface area contributed by atoms with Crippen LogP contribution in [-0.2, 0) is 20.9 Å². The molecule has 2 amide bonds. The number of ether oxygens (including phenoxy) is 1. The van der Waals surface area contributed by atoms with Crippen LogP contribution >= 0.6 is 0 Å². The standard InChI is InChI=1S/C30H27N3O4/c34-21-33-18-24(31-30(36)26-14-8-12-23-11-4-5-13-25(23)26)17-32(27-15-6-7-16-28(27)33)19-29(35)37-20-22-9-2-1-3-10-22/h1-16,21,24H,17-20H2,(H,31,36)/t24-/m1/s1. The second-order valence-corrected chi connectivity index (χ2v) is 8.97. The van der Waals surface area contributed by atoms with E-state index < -0.39 is 12.0 Å². The van der Waals surface area contributed by atoms with E-state index in [1.807, 2.05) is 95.9 Å². The van der Waals surface area contributed by atoms with Gasteiger partial charge in [-0.25, -0.2) is 0 Å². The van der Waals surface area contributed by atoms with E-state index in [4.69, 9.17) is 4.74 Å². The maximum Gasteiger partial charge on any atom is 0.325 e. The molecule has 1 N–H and O–H groups in total. The second-order valence-electron chi connectivity index (χ2n) is 8.97. The Hall–Kier alpha value is -4.65. The SMILES string of the molecule is O=CN1C[C@H](NC(=O)c2cccc3ccccc23)CN(CC(=O)OCc2ccccc2)c2ccccc21. The Morgan fingerprint density at radius 1 is 0.838 bits per heavy atom. The molecule has 7 heteroatoms. The minimum absolute atomic E-state index is 0.0167. The zero-order valence-corrected chi connectivity index (χ0v) is 20.2. The van der Waals surface area contributed by atoms with Crippen LogP contribution in [0.2, 0.25) is 0 Å². The van der Waals surface area contributed by atoms with Crippen molar-refractivity contribution in [1.82, 2.24) is 5.32 Å². The van der Waals surface area contributed by atoms with Gasteiger partial charge in [0.05, 0.1) is 17.4 Å². The lowest BCUT2D eigenvalue weighted by Crippen LogP contribution is -2.49. The lowest BCUT2D eigenvalue weighted by molar-refractivity contribution is -0.143. The number of para-hydroxylation sites is 2. The molecule has 0 bridgehead atoms. The van der Waals surface area contributed by atoms with Crippen molar-refractivity contribution < 1.29 is 19.1 Å². The summed E-state index contributed by atoms with van der Waals surface area (Å²) >= 11 is 0. The number of amides is 2. The van der Waals surface area contributed by atoms with Crippen LogP contribution in [0.3, 0.4) is 0 Å². The van der Waals surface area contributed by atoms with Crippen LogP contribution in [0.25, 0.3) is 10.8 Å². The van der Waals surface area contributed by atoms with Gasteiger partial charge in [-0.05, 0) is 34.5 Å². The summed E-state index contributed by atoms with van der Waals surface area (Å²) in [5, 5.41) is 4.92. The smallest absolute Gasteiger partial charge is 0.325 e. The maximum atomic E-state index is 13.4. The molecule has 0 radical (unpaired) electrons. The fourth-order valence-corrected chi connectivity index (χ4v) is 4.70. The highest BCUT2D eigenvalue weighted by Crippen LogP contribution is 2.31. The largest absolute Gasteiger partial charge is 0.459 e. The van der Waals surface area contributed by atoms with Crippen molar-refractivity contribution in [3.8, 4) is 0 Å². The predicted octanol–water partition coefficient (Wildman–Crippen LogP) is 4.16. The monoisotopic (exact) mass is 493 g/mol. The van der Waals surface area contributed by atoms with Gasteiger partial charge in [-0.1, -0.05) is 78.9 Å². The Morgan fingerprint density at radius 3 is 2.35 bits per heavy atom. The fourth-order valence-electron chi connectivity index (χ4n) is 4.70. The van der Waals surface area contributed by atoms with E-state index in [0.29, 0.717) is 17.8 Å². The van der Waals surface area contributed by atoms with Crippen LogP contribution in [0, 0.1) is 0 Å². The van der Waals surface area contributed by atoms with Gasteiger partial charge >= 0.3 is 5.97 Å². The zero-order valence-electron chi connectivity index (χ0n) is 20.2. The number of esters is 1. The Labute approximate surface area is 215 Å². The lowest BCUT2D eigenvalue weighted by Gasteiger charge is -2.26. The molecule has 0 aliphatic carbocycles. The first-order chi connectivity index (χ1) is 18.1. The van der Waals surface area contributed by atoms with Gasteiger partial charge in [0.15, 0.2) is 0 Å². The van der Waals surface area contributed by atoms with Crippen LogP contribution in [0.15, 0.2) is 97.1 Å². The molecule has 7 nitrogen and oxygen atoms in total. The Kier molecular flexibility index (Phi) is 7.12. The summed E-state index contributed by atoms with van der Waals surface area (Å²) in [6, 6.07) is 29.8. The number of anilines is 2. The highest BCUT2D eigenvalue weighted by molar-refractivity contribution is 6.07. The molecule has 1 aliphatic rings. The second kappa shape index (κ2) is 11.0. The number of carbonyl (C=O) groups excluding carboxylic acids is 3. The van der Waals surface area contributed by atoms with Gasteiger partial charge < -0.3 is 19.9 Å². The van der Waals surface area contributed by atoms with Crippen LogP contribution in [-0.4, -0.2) is 44.0 Å². The average Bonchev–Trinajstić information content (AvgIpc) is 3.08. The van der Waals surface area contributed by atoms with Crippen LogP contribution in [0.1, 0.15) is 15.9 Å². The molecule has 4 aromatic rings. The van der Waals surface area contributed by atoms with E-state index in [0.717, 1.165) is 28.4 Å². The molecule has 0 spiro atoms. The van der Waals surface area contributed by atoms with Gasteiger partial charge in [0.1, 0.15) is 13.2 Å². The van der Waals surface area contributed by atoms with E-state index in [-0.39, 0.29) is 25.6 Å². The van der Waals surface area contributed by atoms with Gasteiger partial charge in [0.25, 0.3) is 5.91 Å². The molecule has 186 valence electrons. The van der Waals surface area contributed by atoms with Gasteiger partial charge in [0, 0.05) is 18.7 Å². The number of rotatable bonds is 7. The van der Waals surface area contributed by atoms with Crippen molar-refractivity contribution in [1.29, 1.82) is 0 Å². The molecule has 0 saturated heterocycles. The van der Waals surface area contributed by atoms with Gasteiger partial charge in [0.2, 0.25) is 6.41 Å². The van der Waals surface area contributed by atoms with Crippen molar-refractivity contribution in [3.05, 3.63) is 108 Å². The Balaban J connectivity index is 1.37. The third-order valence-corrected chi connectivity index (χ3v) is 6.45. The van der Waals surface area contributed by atoms with E-state index in [1.165, 1.54) is 0 Å². The van der Waals surface area contributed by atoms with E-state index in [2.05, 4.69) is 5.32 Å². The van der Waals surface area contributed by atoms with E-state index in [9.17, 15) is 14.4 Å². The average molecular weight is 494 g/mol. The summed E-state index contributed by atoms with van der Waals surface area (Å²) in [4.78, 5) is 41.7.